The maximum absolute atomic E-state index is 5.99. The van der Waals surface area contributed by atoms with Gasteiger partial charge in [0.25, 0.3) is 0 Å². The monoisotopic (exact) mass is 614 g/mol. The van der Waals surface area contributed by atoms with Crippen LogP contribution in [0.5, 0.6) is 0 Å². The molecule has 224 valence electrons. The summed E-state index contributed by atoms with van der Waals surface area (Å²) < 4.78 is 8.40. The number of benzene rings is 6. The second-order valence-electron chi connectivity index (χ2n) is 12.0. The Hall–Kier alpha value is -6.59. The van der Waals surface area contributed by atoms with Gasteiger partial charge in [-0.1, -0.05) is 103 Å². The van der Waals surface area contributed by atoms with Crippen molar-refractivity contribution in [1.82, 2.24) is 19.5 Å². The fourth-order valence-corrected chi connectivity index (χ4v) is 7.07. The van der Waals surface area contributed by atoms with Crippen LogP contribution in [-0.4, -0.2) is 19.5 Å². The molecule has 0 saturated carbocycles. The van der Waals surface area contributed by atoms with Gasteiger partial charge in [-0.2, -0.15) is 0 Å². The molecule has 10 aromatic rings. The van der Waals surface area contributed by atoms with E-state index in [1.807, 2.05) is 48.7 Å². The van der Waals surface area contributed by atoms with E-state index in [0.29, 0.717) is 5.89 Å². The number of para-hydroxylation sites is 4. The van der Waals surface area contributed by atoms with Crippen molar-refractivity contribution in [3.63, 3.8) is 0 Å². The second kappa shape index (κ2) is 10.5. The molecule has 10 rings (SSSR count). The maximum atomic E-state index is 5.99. The summed E-state index contributed by atoms with van der Waals surface area (Å²) in [5.74, 6) is 0.567. The molecule has 4 heterocycles. The normalized spacial score (nSPS) is 11.8. The molecular weight excluding hydrogens is 589 g/mol. The van der Waals surface area contributed by atoms with Crippen molar-refractivity contribution in [1.29, 1.82) is 0 Å². The van der Waals surface area contributed by atoms with Gasteiger partial charge >= 0.3 is 0 Å². The molecule has 5 heteroatoms. The first kappa shape index (κ1) is 26.6. The van der Waals surface area contributed by atoms with Crippen LogP contribution in [0.4, 0.5) is 0 Å². The first-order chi connectivity index (χ1) is 23.8. The molecule has 0 aliphatic carbocycles. The fourth-order valence-electron chi connectivity index (χ4n) is 7.07. The summed E-state index contributed by atoms with van der Waals surface area (Å²) in [6.07, 6.45) is 1.84. The molecule has 0 N–H and O–H groups in total. The van der Waals surface area contributed by atoms with Crippen molar-refractivity contribution in [3.05, 3.63) is 158 Å². The zero-order valence-electron chi connectivity index (χ0n) is 25.7. The Kier molecular flexibility index (Phi) is 5.81. The number of pyridine rings is 2. The van der Waals surface area contributed by atoms with Gasteiger partial charge in [0.15, 0.2) is 5.58 Å². The quantitative estimate of drug-likeness (QED) is 0.185. The van der Waals surface area contributed by atoms with Crippen molar-refractivity contribution >= 4 is 54.6 Å². The average molecular weight is 615 g/mol. The molecule has 4 aromatic heterocycles. The Morgan fingerprint density at radius 3 is 2.10 bits per heavy atom. The highest BCUT2D eigenvalue weighted by atomic mass is 16.3. The molecule has 48 heavy (non-hydrogen) atoms. The average Bonchev–Trinajstić information content (AvgIpc) is 3.75. The molecular formula is C43H26N4O. The van der Waals surface area contributed by atoms with Crippen molar-refractivity contribution in [2.75, 3.05) is 0 Å². The minimum absolute atomic E-state index is 0.567. The molecule has 0 spiro atoms. The number of aromatic nitrogens is 4. The third-order valence-electron chi connectivity index (χ3n) is 9.25. The van der Waals surface area contributed by atoms with Gasteiger partial charge < -0.3 is 8.98 Å². The lowest BCUT2D eigenvalue weighted by Gasteiger charge is -2.15. The third-order valence-corrected chi connectivity index (χ3v) is 9.25. The van der Waals surface area contributed by atoms with E-state index in [4.69, 9.17) is 14.4 Å². The molecule has 0 aliphatic rings. The molecule has 0 saturated heterocycles. The lowest BCUT2D eigenvalue weighted by atomic mass is 9.97. The van der Waals surface area contributed by atoms with Gasteiger partial charge in [-0.05, 0) is 48.5 Å². The highest BCUT2D eigenvalue weighted by Crippen LogP contribution is 2.42. The van der Waals surface area contributed by atoms with Crippen LogP contribution < -0.4 is 0 Å². The molecule has 0 bridgehead atoms. The van der Waals surface area contributed by atoms with E-state index in [9.17, 15) is 0 Å². The van der Waals surface area contributed by atoms with Gasteiger partial charge in [0.2, 0.25) is 5.89 Å². The van der Waals surface area contributed by atoms with E-state index in [-0.39, 0.29) is 0 Å². The summed E-state index contributed by atoms with van der Waals surface area (Å²) in [6, 6.07) is 52.6. The zero-order chi connectivity index (χ0) is 31.6. The van der Waals surface area contributed by atoms with Crippen LogP contribution >= 0.6 is 0 Å². The number of oxazole rings is 1. The topological polar surface area (TPSA) is 56.7 Å². The van der Waals surface area contributed by atoms with E-state index >= 15 is 0 Å². The summed E-state index contributed by atoms with van der Waals surface area (Å²) in [7, 11) is 0. The molecule has 0 fully saturated rings. The Morgan fingerprint density at radius 2 is 1.25 bits per heavy atom. The van der Waals surface area contributed by atoms with Crippen LogP contribution in [0.1, 0.15) is 0 Å². The third kappa shape index (κ3) is 4.08. The van der Waals surface area contributed by atoms with Crippen LogP contribution in [0.25, 0.3) is 94.2 Å². The first-order valence-corrected chi connectivity index (χ1v) is 16.0. The van der Waals surface area contributed by atoms with Crippen molar-refractivity contribution in [2.45, 2.75) is 0 Å². The van der Waals surface area contributed by atoms with Crippen LogP contribution in [0.2, 0.25) is 0 Å². The Balaban J connectivity index is 1.20. The molecule has 0 amide bonds. The molecule has 0 atom stereocenters. The summed E-state index contributed by atoms with van der Waals surface area (Å²) in [5.41, 5.74) is 10.8. The largest absolute Gasteiger partial charge is 0.436 e. The summed E-state index contributed by atoms with van der Waals surface area (Å²) in [4.78, 5) is 14.7. The summed E-state index contributed by atoms with van der Waals surface area (Å²) in [6.45, 7) is 0. The number of fused-ring (bicyclic) bond motifs is 8. The van der Waals surface area contributed by atoms with Crippen molar-refractivity contribution < 1.29 is 4.42 Å². The van der Waals surface area contributed by atoms with E-state index in [0.717, 1.165) is 66.7 Å². The standard InChI is InChI=1S/C43H26N4O/c1-2-11-27(12-3-1)41-34-23-22-32-31-15-5-8-19-38(31)47(42(32)40(34)33-16-4-6-17-36(33)45-41)30-14-10-13-28(25-30)35-24-21-29(26-44-35)43-46-37-18-7-9-20-39(37)48-43/h1-26H. The number of nitrogens with zero attached hydrogens (tertiary/aromatic N) is 4. The fraction of sp³-hybridized carbons (Fsp3) is 0. The zero-order valence-corrected chi connectivity index (χ0v) is 25.7. The van der Waals surface area contributed by atoms with Gasteiger partial charge in [0, 0.05) is 49.9 Å². The smallest absolute Gasteiger partial charge is 0.228 e. The maximum Gasteiger partial charge on any atom is 0.228 e. The minimum Gasteiger partial charge on any atom is -0.436 e. The van der Waals surface area contributed by atoms with Gasteiger partial charge in [0.05, 0.1) is 33.5 Å². The van der Waals surface area contributed by atoms with Crippen molar-refractivity contribution in [3.8, 4) is 39.7 Å². The minimum atomic E-state index is 0.567. The number of hydrogen-bond donors (Lipinski definition) is 0. The Labute approximate surface area is 275 Å². The Bertz CT molecular complexity index is 2800. The van der Waals surface area contributed by atoms with E-state index in [2.05, 4.69) is 119 Å². The second-order valence-corrected chi connectivity index (χ2v) is 12.0. The van der Waals surface area contributed by atoms with Gasteiger partial charge in [-0.15, -0.1) is 0 Å². The first-order valence-electron chi connectivity index (χ1n) is 16.0. The summed E-state index contributed by atoms with van der Waals surface area (Å²) >= 11 is 0. The highest BCUT2D eigenvalue weighted by molar-refractivity contribution is 6.26. The van der Waals surface area contributed by atoms with Crippen LogP contribution in [0.3, 0.4) is 0 Å². The van der Waals surface area contributed by atoms with E-state index < -0.39 is 0 Å². The van der Waals surface area contributed by atoms with Gasteiger partial charge in [0.1, 0.15) is 5.52 Å². The lowest BCUT2D eigenvalue weighted by Crippen LogP contribution is -1.97. The summed E-state index contributed by atoms with van der Waals surface area (Å²) in [5, 5.41) is 5.88. The van der Waals surface area contributed by atoms with Crippen LogP contribution in [0.15, 0.2) is 162 Å². The van der Waals surface area contributed by atoms with Gasteiger partial charge in [-0.3, -0.25) is 4.98 Å². The van der Waals surface area contributed by atoms with E-state index in [1.54, 1.807) is 0 Å². The highest BCUT2D eigenvalue weighted by Gasteiger charge is 2.20. The predicted octanol–water partition coefficient (Wildman–Crippen LogP) is 11.0. The lowest BCUT2D eigenvalue weighted by molar-refractivity contribution is 0.619. The molecule has 5 nitrogen and oxygen atoms in total. The number of rotatable bonds is 4. The number of hydrogen-bond acceptors (Lipinski definition) is 4. The SMILES string of the molecule is c1ccc(-c2nc3ccccc3c3c2ccc2c4ccccc4n(-c4cccc(-c5ccc(-c6nc7ccccc7o6)cn5)c4)c23)cc1. The van der Waals surface area contributed by atoms with E-state index in [1.165, 1.54) is 21.7 Å². The molecule has 0 radical (unpaired) electrons. The van der Waals surface area contributed by atoms with Crippen LogP contribution in [-0.2, 0) is 0 Å². The van der Waals surface area contributed by atoms with Crippen molar-refractivity contribution in [2.24, 2.45) is 0 Å². The molecule has 0 unspecified atom stereocenters. The molecule has 6 aromatic carbocycles. The molecule has 0 aliphatic heterocycles. The Morgan fingerprint density at radius 1 is 0.500 bits per heavy atom. The predicted molar refractivity (Wildman–Crippen MR) is 195 cm³/mol. The van der Waals surface area contributed by atoms with Gasteiger partial charge in [-0.25, -0.2) is 9.97 Å². The van der Waals surface area contributed by atoms with Crippen LogP contribution in [0, 0.1) is 0 Å².